The molecule has 19 heavy (non-hydrogen) atoms. The molecular formula is C15H21N3S. The maximum absolute atomic E-state index is 4.64. The molecular weight excluding hydrogens is 254 g/mol. The fourth-order valence-electron chi connectivity index (χ4n) is 1.83. The molecule has 0 aliphatic heterocycles. The quantitative estimate of drug-likeness (QED) is 0.917. The van der Waals surface area contributed by atoms with E-state index in [2.05, 4.69) is 73.6 Å². The van der Waals surface area contributed by atoms with Gasteiger partial charge in [0.2, 0.25) is 5.13 Å². The predicted octanol–water partition coefficient (Wildman–Crippen LogP) is 4.07. The van der Waals surface area contributed by atoms with Crippen molar-refractivity contribution >= 4 is 16.7 Å². The van der Waals surface area contributed by atoms with Gasteiger partial charge in [0.05, 0.1) is 5.41 Å². The van der Waals surface area contributed by atoms with Crippen molar-refractivity contribution in [2.45, 2.75) is 45.6 Å². The average Bonchev–Trinajstić information content (AvgIpc) is 2.77. The lowest BCUT2D eigenvalue weighted by molar-refractivity contribution is 0.597. The van der Waals surface area contributed by atoms with E-state index < -0.39 is 0 Å². The van der Waals surface area contributed by atoms with Gasteiger partial charge in [-0.15, -0.1) is 0 Å². The van der Waals surface area contributed by atoms with Gasteiger partial charge in [0, 0.05) is 17.1 Å². The highest BCUT2D eigenvalue weighted by molar-refractivity contribution is 7.09. The van der Waals surface area contributed by atoms with Crippen LogP contribution in [0.25, 0.3) is 0 Å². The largest absolute Gasteiger partial charge is 0.356 e. The summed E-state index contributed by atoms with van der Waals surface area (Å²) < 4.78 is 4.52. The molecule has 0 saturated carbocycles. The third-order valence-electron chi connectivity index (χ3n) is 2.96. The van der Waals surface area contributed by atoms with Crippen LogP contribution in [0.4, 0.5) is 5.13 Å². The molecule has 0 fully saturated rings. The average molecular weight is 275 g/mol. The maximum Gasteiger partial charge on any atom is 0.203 e. The first-order chi connectivity index (χ1) is 8.79. The molecule has 0 radical (unpaired) electrons. The number of aromatic nitrogens is 2. The second-order valence-corrected chi connectivity index (χ2v) is 7.04. The van der Waals surface area contributed by atoms with E-state index in [1.54, 1.807) is 0 Å². The van der Waals surface area contributed by atoms with Gasteiger partial charge in [-0.2, -0.15) is 4.37 Å². The number of benzene rings is 1. The number of hydrogen-bond donors (Lipinski definition) is 1. The van der Waals surface area contributed by atoms with Gasteiger partial charge >= 0.3 is 0 Å². The first kappa shape index (κ1) is 14.0. The van der Waals surface area contributed by atoms with Crippen molar-refractivity contribution in [3.63, 3.8) is 0 Å². The van der Waals surface area contributed by atoms with Gasteiger partial charge in [-0.3, -0.25) is 0 Å². The Labute approximate surface area is 119 Å². The highest BCUT2D eigenvalue weighted by Crippen LogP contribution is 2.31. The normalized spacial score (nSPS) is 12.5. The molecule has 3 nitrogen and oxygen atoms in total. The molecule has 102 valence electrons. The molecule has 0 unspecified atom stereocenters. The molecule has 4 heteroatoms. The summed E-state index contributed by atoms with van der Waals surface area (Å²) in [4.78, 5) is 4.64. The molecule has 1 aromatic heterocycles. The summed E-state index contributed by atoms with van der Waals surface area (Å²) in [5.41, 5.74) is 1.07. The smallest absolute Gasteiger partial charge is 0.203 e. The minimum absolute atomic E-state index is 0.00763. The molecule has 0 aliphatic carbocycles. The van der Waals surface area contributed by atoms with Crippen LogP contribution in [0.15, 0.2) is 30.3 Å². The lowest BCUT2D eigenvalue weighted by Crippen LogP contribution is -2.26. The van der Waals surface area contributed by atoms with Crippen molar-refractivity contribution in [1.82, 2.24) is 9.36 Å². The Kier molecular flexibility index (Phi) is 3.63. The highest BCUT2D eigenvalue weighted by Gasteiger charge is 2.28. The van der Waals surface area contributed by atoms with Crippen LogP contribution >= 0.6 is 11.5 Å². The lowest BCUT2D eigenvalue weighted by atomic mass is 9.84. The van der Waals surface area contributed by atoms with Crippen LogP contribution in [-0.4, -0.2) is 14.9 Å². The van der Waals surface area contributed by atoms with Crippen molar-refractivity contribution in [2.75, 3.05) is 5.32 Å². The van der Waals surface area contributed by atoms with E-state index in [0.717, 1.165) is 11.0 Å². The molecule has 1 aromatic carbocycles. The van der Waals surface area contributed by atoms with E-state index in [4.69, 9.17) is 0 Å². The van der Waals surface area contributed by atoms with Crippen molar-refractivity contribution in [3.05, 3.63) is 41.7 Å². The van der Waals surface area contributed by atoms with Crippen LogP contribution < -0.4 is 5.32 Å². The van der Waals surface area contributed by atoms with E-state index in [1.165, 1.54) is 17.1 Å². The van der Waals surface area contributed by atoms with Gasteiger partial charge in [-0.05, 0) is 40.2 Å². The summed E-state index contributed by atoms with van der Waals surface area (Å²) in [6.07, 6.45) is 0. The third kappa shape index (κ3) is 3.32. The molecule has 0 atom stereocenters. The molecule has 1 heterocycles. The molecule has 0 aliphatic rings. The molecule has 2 rings (SSSR count). The van der Waals surface area contributed by atoms with Crippen LogP contribution in [0.2, 0.25) is 0 Å². The zero-order chi connectivity index (χ0) is 14.1. The Morgan fingerprint density at radius 1 is 1.00 bits per heavy atom. The molecule has 0 amide bonds. The minimum Gasteiger partial charge on any atom is -0.356 e. The summed E-state index contributed by atoms with van der Waals surface area (Å²) in [6, 6.07) is 10.4. The topological polar surface area (TPSA) is 37.8 Å². The van der Waals surface area contributed by atoms with Crippen LogP contribution in [0.3, 0.4) is 0 Å². The number of nitrogens with one attached hydrogen (secondary N) is 1. The van der Waals surface area contributed by atoms with Crippen LogP contribution in [-0.2, 0) is 5.41 Å². The SMILES string of the molecule is CC(C)(C)Nc1nc(C(C)(C)c2ccccc2)ns1. The first-order valence-electron chi connectivity index (χ1n) is 6.47. The maximum atomic E-state index is 4.64. The van der Waals surface area contributed by atoms with Crippen molar-refractivity contribution in [2.24, 2.45) is 0 Å². The Morgan fingerprint density at radius 2 is 1.63 bits per heavy atom. The van der Waals surface area contributed by atoms with Crippen molar-refractivity contribution in [1.29, 1.82) is 0 Å². The molecule has 1 N–H and O–H groups in total. The van der Waals surface area contributed by atoms with E-state index in [1.807, 2.05) is 6.07 Å². The third-order valence-corrected chi connectivity index (χ3v) is 3.59. The van der Waals surface area contributed by atoms with Crippen LogP contribution in [0.5, 0.6) is 0 Å². The Bertz CT molecular complexity index is 538. The van der Waals surface area contributed by atoms with E-state index in [0.29, 0.717) is 0 Å². The van der Waals surface area contributed by atoms with Gasteiger partial charge in [-0.25, -0.2) is 4.98 Å². The van der Waals surface area contributed by atoms with Crippen LogP contribution in [0.1, 0.15) is 46.0 Å². The Balaban J connectivity index is 2.27. The Hall–Kier alpha value is -1.42. The molecule has 0 saturated heterocycles. The molecule has 2 aromatic rings. The second-order valence-electron chi connectivity index (χ2n) is 6.29. The van der Waals surface area contributed by atoms with E-state index in [-0.39, 0.29) is 11.0 Å². The van der Waals surface area contributed by atoms with E-state index >= 15 is 0 Å². The number of anilines is 1. The first-order valence-corrected chi connectivity index (χ1v) is 7.24. The molecule has 0 spiro atoms. The minimum atomic E-state index is -0.171. The Morgan fingerprint density at radius 3 is 2.21 bits per heavy atom. The van der Waals surface area contributed by atoms with Gasteiger partial charge in [0.15, 0.2) is 5.82 Å². The number of rotatable bonds is 3. The van der Waals surface area contributed by atoms with Gasteiger partial charge in [0.25, 0.3) is 0 Å². The summed E-state index contributed by atoms with van der Waals surface area (Å²) in [5, 5.41) is 4.25. The zero-order valence-electron chi connectivity index (χ0n) is 12.2. The lowest BCUT2D eigenvalue weighted by Gasteiger charge is -2.22. The number of nitrogens with zero attached hydrogens (tertiary/aromatic N) is 2. The monoisotopic (exact) mass is 275 g/mol. The zero-order valence-corrected chi connectivity index (χ0v) is 13.0. The fourth-order valence-corrected chi connectivity index (χ4v) is 2.75. The summed E-state index contributed by atoms with van der Waals surface area (Å²) in [7, 11) is 0. The molecule has 0 bridgehead atoms. The van der Waals surface area contributed by atoms with Crippen molar-refractivity contribution in [3.8, 4) is 0 Å². The second kappa shape index (κ2) is 4.93. The van der Waals surface area contributed by atoms with E-state index in [9.17, 15) is 0 Å². The van der Waals surface area contributed by atoms with Gasteiger partial charge in [-0.1, -0.05) is 30.3 Å². The predicted molar refractivity (Wildman–Crippen MR) is 81.9 cm³/mol. The summed E-state index contributed by atoms with van der Waals surface area (Å²) in [5.74, 6) is 0.871. The summed E-state index contributed by atoms with van der Waals surface area (Å²) in [6.45, 7) is 10.7. The summed E-state index contributed by atoms with van der Waals surface area (Å²) >= 11 is 1.43. The number of hydrogen-bond acceptors (Lipinski definition) is 4. The fraction of sp³-hybridized carbons (Fsp3) is 0.467. The van der Waals surface area contributed by atoms with Gasteiger partial charge < -0.3 is 5.32 Å². The van der Waals surface area contributed by atoms with Crippen molar-refractivity contribution < 1.29 is 0 Å². The standard InChI is InChI=1S/C15H21N3S/c1-14(2,3)17-13-16-12(18-19-13)15(4,5)11-9-7-6-8-10-11/h6-10H,1-5H3,(H,16,17,18). The highest BCUT2D eigenvalue weighted by atomic mass is 32.1. The van der Waals surface area contributed by atoms with Gasteiger partial charge in [0.1, 0.15) is 0 Å². The van der Waals surface area contributed by atoms with Crippen LogP contribution in [0, 0.1) is 0 Å².